The molecule has 0 saturated carbocycles. The number of nitrogens with one attached hydrogen (secondary N) is 1. The maximum atomic E-state index is 12.7. The third kappa shape index (κ3) is 5.43. The van der Waals surface area contributed by atoms with Crippen molar-refractivity contribution in [3.05, 3.63) is 0 Å². The maximum Gasteiger partial charge on any atom is 0.326 e. The van der Waals surface area contributed by atoms with Gasteiger partial charge in [-0.1, -0.05) is 0 Å². The van der Waals surface area contributed by atoms with Crippen LogP contribution >= 0.6 is 0 Å². The summed E-state index contributed by atoms with van der Waals surface area (Å²) in [5, 5.41) is 21.2. The molecule has 0 aromatic heterocycles. The van der Waals surface area contributed by atoms with E-state index in [-0.39, 0.29) is 0 Å². The first-order valence-electron chi connectivity index (χ1n) is 8.27. The van der Waals surface area contributed by atoms with Crippen molar-refractivity contribution in [3.63, 3.8) is 0 Å². The summed E-state index contributed by atoms with van der Waals surface area (Å²) in [6, 6.07) is -2.88. The minimum atomic E-state index is -1.15. The molecule has 9 nitrogen and oxygen atoms in total. The SMILES string of the molecule is CC(O)[C@H](N)C(=O)N[C@@H](CCCCN)C(=O)N1CCC[C@H]1C(=O)O. The van der Waals surface area contributed by atoms with Gasteiger partial charge in [0.05, 0.1) is 6.10 Å². The number of carboxylic acids is 1. The highest BCUT2D eigenvalue weighted by atomic mass is 16.4. The van der Waals surface area contributed by atoms with Gasteiger partial charge >= 0.3 is 5.97 Å². The van der Waals surface area contributed by atoms with Crippen LogP contribution in [0.1, 0.15) is 39.0 Å². The van der Waals surface area contributed by atoms with Crippen LogP contribution in [0.2, 0.25) is 0 Å². The van der Waals surface area contributed by atoms with E-state index in [1.807, 2.05) is 0 Å². The molecule has 1 fully saturated rings. The fourth-order valence-electron chi connectivity index (χ4n) is 2.72. The predicted molar refractivity (Wildman–Crippen MR) is 86.9 cm³/mol. The third-order valence-electron chi connectivity index (χ3n) is 4.20. The second-order valence-corrected chi connectivity index (χ2v) is 6.14. The van der Waals surface area contributed by atoms with Gasteiger partial charge < -0.3 is 31.9 Å². The molecule has 0 aliphatic carbocycles. The van der Waals surface area contributed by atoms with Gasteiger partial charge in [-0.15, -0.1) is 0 Å². The molecule has 7 N–H and O–H groups in total. The Morgan fingerprint density at radius 3 is 2.54 bits per heavy atom. The molecule has 0 radical (unpaired) electrons. The molecule has 1 rings (SSSR count). The average molecular weight is 344 g/mol. The summed E-state index contributed by atoms with van der Waals surface area (Å²) in [5.41, 5.74) is 11.0. The molecule has 0 spiro atoms. The molecule has 0 aromatic carbocycles. The van der Waals surface area contributed by atoms with E-state index in [0.29, 0.717) is 45.2 Å². The molecule has 9 heteroatoms. The highest BCUT2D eigenvalue weighted by molar-refractivity contribution is 5.92. The normalized spacial score (nSPS) is 21.2. The second kappa shape index (κ2) is 9.55. The molecule has 1 aliphatic heterocycles. The second-order valence-electron chi connectivity index (χ2n) is 6.14. The van der Waals surface area contributed by atoms with Crippen molar-refractivity contribution >= 4 is 17.8 Å². The van der Waals surface area contributed by atoms with Crippen molar-refractivity contribution < 1.29 is 24.6 Å². The number of hydrogen-bond acceptors (Lipinski definition) is 6. The Balaban J connectivity index is 2.81. The Bertz CT molecular complexity index is 457. The number of aliphatic hydroxyl groups is 1. The van der Waals surface area contributed by atoms with Gasteiger partial charge in [0.1, 0.15) is 18.1 Å². The summed E-state index contributed by atoms with van der Waals surface area (Å²) in [6.45, 7) is 2.20. The zero-order valence-corrected chi connectivity index (χ0v) is 14.0. The van der Waals surface area contributed by atoms with Crippen LogP contribution in [0, 0.1) is 0 Å². The van der Waals surface area contributed by atoms with E-state index < -0.39 is 42.0 Å². The first-order chi connectivity index (χ1) is 11.3. The van der Waals surface area contributed by atoms with Crippen molar-refractivity contribution in [3.8, 4) is 0 Å². The number of nitrogens with two attached hydrogens (primary N) is 2. The number of likely N-dealkylation sites (tertiary alicyclic amines) is 1. The van der Waals surface area contributed by atoms with Crippen LogP contribution in [-0.4, -0.2) is 70.2 Å². The third-order valence-corrected chi connectivity index (χ3v) is 4.20. The number of aliphatic hydroxyl groups excluding tert-OH is 1. The van der Waals surface area contributed by atoms with E-state index >= 15 is 0 Å². The van der Waals surface area contributed by atoms with Gasteiger partial charge in [-0.25, -0.2) is 4.79 Å². The van der Waals surface area contributed by atoms with Gasteiger partial charge in [-0.2, -0.15) is 0 Å². The number of unbranched alkanes of at least 4 members (excludes halogenated alkanes) is 1. The molecular formula is C15H28N4O5. The first kappa shape index (κ1) is 20.3. The molecule has 2 amide bonds. The summed E-state index contributed by atoms with van der Waals surface area (Å²) in [7, 11) is 0. The number of nitrogens with zero attached hydrogens (tertiary/aromatic N) is 1. The van der Waals surface area contributed by atoms with Crippen LogP contribution in [0.15, 0.2) is 0 Å². The Morgan fingerprint density at radius 2 is 2.00 bits per heavy atom. The van der Waals surface area contributed by atoms with Crippen LogP contribution in [0.25, 0.3) is 0 Å². The number of aliphatic carboxylic acids is 1. The molecule has 24 heavy (non-hydrogen) atoms. The monoisotopic (exact) mass is 344 g/mol. The lowest BCUT2D eigenvalue weighted by Gasteiger charge is -2.28. The van der Waals surface area contributed by atoms with Gasteiger partial charge in [0.15, 0.2) is 0 Å². The summed E-state index contributed by atoms with van der Waals surface area (Å²) in [5.74, 6) is -2.11. The van der Waals surface area contributed by atoms with Crippen LogP contribution < -0.4 is 16.8 Å². The topological polar surface area (TPSA) is 159 Å². The van der Waals surface area contributed by atoms with E-state index in [4.69, 9.17) is 11.5 Å². The minimum Gasteiger partial charge on any atom is -0.480 e. The fraction of sp³-hybridized carbons (Fsp3) is 0.800. The number of carbonyl (C=O) groups is 3. The lowest BCUT2D eigenvalue weighted by Crippen LogP contribution is -2.56. The van der Waals surface area contributed by atoms with Gasteiger partial charge in [0, 0.05) is 6.54 Å². The molecule has 1 saturated heterocycles. The van der Waals surface area contributed by atoms with Crippen molar-refractivity contribution in [2.45, 2.75) is 63.3 Å². The highest BCUT2D eigenvalue weighted by Crippen LogP contribution is 2.19. The Hall–Kier alpha value is -1.71. The maximum absolute atomic E-state index is 12.7. The van der Waals surface area contributed by atoms with E-state index in [2.05, 4.69) is 5.32 Å². The largest absolute Gasteiger partial charge is 0.480 e. The quantitative estimate of drug-likeness (QED) is 0.314. The number of amides is 2. The molecule has 1 heterocycles. The summed E-state index contributed by atoms with van der Waals surface area (Å²) in [4.78, 5) is 37.3. The molecule has 138 valence electrons. The van der Waals surface area contributed by atoms with Gasteiger partial charge in [0.25, 0.3) is 0 Å². The molecule has 4 atom stereocenters. The zero-order chi connectivity index (χ0) is 18.3. The van der Waals surface area contributed by atoms with E-state index in [1.165, 1.54) is 11.8 Å². The first-order valence-corrected chi connectivity index (χ1v) is 8.27. The molecule has 0 aromatic rings. The fourth-order valence-corrected chi connectivity index (χ4v) is 2.72. The van der Waals surface area contributed by atoms with Crippen LogP contribution in [0.4, 0.5) is 0 Å². The number of hydrogen-bond donors (Lipinski definition) is 5. The van der Waals surface area contributed by atoms with Crippen molar-refractivity contribution in [2.75, 3.05) is 13.1 Å². The minimum absolute atomic E-state index is 0.344. The van der Waals surface area contributed by atoms with Crippen molar-refractivity contribution in [1.82, 2.24) is 10.2 Å². The van der Waals surface area contributed by atoms with Crippen molar-refractivity contribution in [1.29, 1.82) is 0 Å². The Morgan fingerprint density at radius 1 is 1.33 bits per heavy atom. The Labute approximate surface area is 141 Å². The summed E-state index contributed by atoms with van der Waals surface area (Å²) < 4.78 is 0. The van der Waals surface area contributed by atoms with Gasteiger partial charge in [-0.3, -0.25) is 9.59 Å². The molecular weight excluding hydrogens is 316 g/mol. The highest BCUT2D eigenvalue weighted by Gasteiger charge is 2.37. The number of carboxylic acid groups (broad SMARTS) is 1. The Kier molecular flexibility index (Phi) is 8.09. The van der Waals surface area contributed by atoms with E-state index in [0.717, 1.165) is 0 Å². The average Bonchev–Trinajstić information content (AvgIpc) is 3.02. The summed E-state index contributed by atoms with van der Waals surface area (Å²) >= 11 is 0. The molecule has 1 aliphatic rings. The van der Waals surface area contributed by atoms with Crippen LogP contribution in [0.3, 0.4) is 0 Å². The number of rotatable bonds is 9. The van der Waals surface area contributed by atoms with Crippen LogP contribution in [-0.2, 0) is 14.4 Å². The van der Waals surface area contributed by atoms with E-state index in [9.17, 15) is 24.6 Å². The smallest absolute Gasteiger partial charge is 0.326 e. The van der Waals surface area contributed by atoms with Crippen LogP contribution in [0.5, 0.6) is 0 Å². The van der Waals surface area contributed by atoms with Gasteiger partial charge in [0.2, 0.25) is 11.8 Å². The number of carbonyl (C=O) groups excluding carboxylic acids is 2. The summed E-state index contributed by atoms with van der Waals surface area (Å²) in [6.07, 6.45) is 1.60. The van der Waals surface area contributed by atoms with Crippen molar-refractivity contribution in [2.24, 2.45) is 11.5 Å². The zero-order valence-electron chi connectivity index (χ0n) is 14.0. The van der Waals surface area contributed by atoms with E-state index in [1.54, 1.807) is 0 Å². The predicted octanol–water partition coefficient (Wildman–Crippen LogP) is -1.62. The van der Waals surface area contributed by atoms with Gasteiger partial charge in [-0.05, 0) is 45.6 Å². The lowest BCUT2D eigenvalue weighted by molar-refractivity contribution is -0.149. The molecule has 1 unspecified atom stereocenters. The molecule has 0 bridgehead atoms. The standard InChI is InChI=1S/C15H28N4O5/c1-9(20)12(17)13(21)18-10(5-2-3-7-16)14(22)19-8-4-6-11(19)15(23)24/h9-12,20H,2-8,16-17H2,1H3,(H,18,21)(H,23,24)/t9?,10-,11-,12-/m0/s1. The lowest BCUT2D eigenvalue weighted by atomic mass is 10.1.